The number of nitrogen functional groups attached to an aromatic ring is 1. The van der Waals surface area contributed by atoms with Crippen LogP contribution in [0.15, 0.2) is 0 Å². The summed E-state index contributed by atoms with van der Waals surface area (Å²) in [4.78, 5) is 8.98. The van der Waals surface area contributed by atoms with Gasteiger partial charge in [0.25, 0.3) is 0 Å². The minimum atomic E-state index is -0.107. The summed E-state index contributed by atoms with van der Waals surface area (Å²) in [7, 11) is 0. The Bertz CT molecular complexity index is 433. The molecule has 1 fully saturated rings. The Morgan fingerprint density at radius 1 is 1.33 bits per heavy atom. The third-order valence-corrected chi connectivity index (χ3v) is 3.12. The molecular weight excluding hydrogens is 228 g/mol. The average Bonchev–Trinajstić information content (AvgIpc) is 2.75. The fourth-order valence-electron chi connectivity index (χ4n) is 1.85. The van der Waals surface area contributed by atoms with Crippen LogP contribution >= 0.6 is 0 Å². The van der Waals surface area contributed by atoms with Crippen LogP contribution in [-0.4, -0.2) is 29.2 Å². The third kappa shape index (κ3) is 2.72. The molecule has 1 aromatic rings. The van der Waals surface area contributed by atoms with Crippen LogP contribution in [0.5, 0.6) is 0 Å². The first-order valence-corrected chi connectivity index (χ1v) is 6.37. The monoisotopic (exact) mass is 250 g/mol. The van der Waals surface area contributed by atoms with Gasteiger partial charge in [-0.2, -0.15) is 0 Å². The summed E-state index contributed by atoms with van der Waals surface area (Å²) in [6.45, 7) is 9.73. The van der Waals surface area contributed by atoms with Crippen molar-refractivity contribution in [2.45, 2.75) is 45.6 Å². The Kier molecular flexibility index (Phi) is 3.43. The van der Waals surface area contributed by atoms with Crippen LogP contribution < -0.4 is 11.1 Å². The zero-order valence-electron chi connectivity index (χ0n) is 11.6. The van der Waals surface area contributed by atoms with Crippen molar-refractivity contribution in [1.29, 1.82) is 0 Å². The molecule has 0 aromatic carbocycles. The molecule has 0 saturated carbocycles. The van der Waals surface area contributed by atoms with Gasteiger partial charge < -0.3 is 15.8 Å². The van der Waals surface area contributed by atoms with Gasteiger partial charge in [-0.05, 0) is 13.3 Å². The first kappa shape index (κ1) is 13.1. The number of rotatable bonds is 2. The second-order valence-corrected chi connectivity index (χ2v) is 5.86. The van der Waals surface area contributed by atoms with Gasteiger partial charge in [-0.1, -0.05) is 20.8 Å². The van der Waals surface area contributed by atoms with Gasteiger partial charge in [0.15, 0.2) is 0 Å². The second kappa shape index (κ2) is 4.72. The van der Waals surface area contributed by atoms with Gasteiger partial charge in [-0.25, -0.2) is 9.97 Å². The second-order valence-electron chi connectivity index (χ2n) is 5.86. The molecule has 2 rings (SSSR count). The predicted molar refractivity (Wildman–Crippen MR) is 72.7 cm³/mol. The SMILES string of the molecule is Cc1c(N)nc(C(C)(C)C)nc1NC1CCOC1. The summed E-state index contributed by atoms with van der Waals surface area (Å²) >= 11 is 0. The first-order valence-electron chi connectivity index (χ1n) is 6.37. The topological polar surface area (TPSA) is 73.1 Å². The summed E-state index contributed by atoms with van der Waals surface area (Å²) in [6.07, 6.45) is 1.01. The van der Waals surface area contributed by atoms with E-state index in [9.17, 15) is 0 Å². The fourth-order valence-corrected chi connectivity index (χ4v) is 1.85. The van der Waals surface area contributed by atoms with E-state index in [0.717, 1.165) is 36.8 Å². The molecule has 0 amide bonds. The van der Waals surface area contributed by atoms with Crippen LogP contribution in [0.1, 0.15) is 38.6 Å². The van der Waals surface area contributed by atoms with Crippen molar-refractivity contribution in [3.63, 3.8) is 0 Å². The minimum absolute atomic E-state index is 0.107. The van der Waals surface area contributed by atoms with Gasteiger partial charge in [0, 0.05) is 17.6 Å². The molecule has 2 heterocycles. The molecule has 1 unspecified atom stereocenters. The highest BCUT2D eigenvalue weighted by atomic mass is 16.5. The lowest BCUT2D eigenvalue weighted by molar-refractivity contribution is 0.195. The molecule has 5 nitrogen and oxygen atoms in total. The Morgan fingerprint density at radius 3 is 2.61 bits per heavy atom. The normalized spacial score (nSPS) is 20.1. The quantitative estimate of drug-likeness (QED) is 0.838. The van der Waals surface area contributed by atoms with E-state index < -0.39 is 0 Å². The molecule has 1 aliphatic heterocycles. The fraction of sp³-hybridized carbons (Fsp3) is 0.692. The van der Waals surface area contributed by atoms with Crippen LogP contribution in [0, 0.1) is 6.92 Å². The summed E-state index contributed by atoms with van der Waals surface area (Å²) < 4.78 is 5.36. The predicted octanol–water partition coefficient (Wildman–Crippen LogP) is 1.87. The van der Waals surface area contributed by atoms with E-state index in [1.807, 2.05) is 6.92 Å². The highest BCUT2D eigenvalue weighted by molar-refractivity contribution is 5.55. The van der Waals surface area contributed by atoms with Crippen molar-refractivity contribution >= 4 is 11.6 Å². The van der Waals surface area contributed by atoms with Crippen LogP contribution in [0.4, 0.5) is 11.6 Å². The zero-order chi connectivity index (χ0) is 13.3. The third-order valence-electron chi connectivity index (χ3n) is 3.12. The molecule has 0 bridgehead atoms. The number of hydrogen-bond acceptors (Lipinski definition) is 5. The minimum Gasteiger partial charge on any atom is -0.383 e. The van der Waals surface area contributed by atoms with Crippen LogP contribution in [0.2, 0.25) is 0 Å². The molecule has 0 spiro atoms. The van der Waals surface area contributed by atoms with Crippen molar-refractivity contribution in [3.05, 3.63) is 11.4 Å². The highest BCUT2D eigenvalue weighted by Gasteiger charge is 2.22. The molecule has 0 radical (unpaired) electrons. The number of anilines is 2. The van der Waals surface area contributed by atoms with Crippen molar-refractivity contribution in [3.8, 4) is 0 Å². The standard InChI is InChI=1S/C13H22N4O/c1-8-10(14)16-12(13(2,3)4)17-11(8)15-9-5-6-18-7-9/h9H,5-7H2,1-4H3,(H3,14,15,16,17). The number of nitrogens with two attached hydrogens (primary N) is 1. The van der Waals surface area contributed by atoms with Gasteiger partial charge in [0.2, 0.25) is 0 Å². The number of nitrogens with zero attached hydrogens (tertiary/aromatic N) is 2. The van der Waals surface area contributed by atoms with Gasteiger partial charge >= 0.3 is 0 Å². The average molecular weight is 250 g/mol. The van der Waals surface area contributed by atoms with Crippen molar-refractivity contribution in [2.75, 3.05) is 24.3 Å². The summed E-state index contributed by atoms with van der Waals surface area (Å²) in [6, 6.07) is 0.325. The van der Waals surface area contributed by atoms with Gasteiger partial charge in [-0.15, -0.1) is 0 Å². The Labute approximate surface area is 108 Å². The largest absolute Gasteiger partial charge is 0.383 e. The molecule has 0 aliphatic carbocycles. The number of hydrogen-bond donors (Lipinski definition) is 2. The van der Waals surface area contributed by atoms with Crippen molar-refractivity contribution in [2.24, 2.45) is 0 Å². The number of ether oxygens (including phenoxy) is 1. The zero-order valence-corrected chi connectivity index (χ0v) is 11.6. The molecule has 1 atom stereocenters. The van der Waals surface area contributed by atoms with Crippen molar-refractivity contribution in [1.82, 2.24) is 9.97 Å². The number of nitrogens with one attached hydrogen (secondary N) is 1. The molecular formula is C13H22N4O. The Hall–Kier alpha value is -1.36. The highest BCUT2D eigenvalue weighted by Crippen LogP contribution is 2.25. The lowest BCUT2D eigenvalue weighted by Crippen LogP contribution is -2.24. The van der Waals surface area contributed by atoms with E-state index in [4.69, 9.17) is 10.5 Å². The number of aromatic nitrogens is 2. The van der Waals surface area contributed by atoms with Crippen LogP contribution in [0.25, 0.3) is 0 Å². The van der Waals surface area contributed by atoms with E-state index >= 15 is 0 Å². The van der Waals surface area contributed by atoms with E-state index in [1.165, 1.54) is 0 Å². The lowest BCUT2D eigenvalue weighted by Gasteiger charge is -2.21. The molecule has 1 aromatic heterocycles. The van der Waals surface area contributed by atoms with Crippen LogP contribution in [-0.2, 0) is 10.2 Å². The van der Waals surface area contributed by atoms with Gasteiger partial charge in [0.05, 0.1) is 12.6 Å². The molecule has 1 saturated heterocycles. The molecule has 100 valence electrons. The maximum Gasteiger partial charge on any atom is 0.138 e. The smallest absolute Gasteiger partial charge is 0.138 e. The summed E-state index contributed by atoms with van der Waals surface area (Å²) in [5, 5.41) is 3.41. The van der Waals surface area contributed by atoms with Crippen molar-refractivity contribution < 1.29 is 4.74 Å². The van der Waals surface area contributed by atoms with E-state index in [1.54, 1.807) is 0 Å². The molecule has 1 aliphatic rings. The Morgan fingerprint density at radius 2 is 2.06 bits per heavy atom. The lowest BCUT2D eigenvalue weighted by atomic mass is 9.95. The molecule has 18 heavy (non-hydrogen) atoms. The molecule has 5 heteroatoms. The molecule has 3 N–H and O–H groups in total. The summed E-state index contributed by atoms with van der Waals surface area (Å²) in [5.74, 6) is 2.16. The van der Waals surface area contributed by atoms with Crippen LogP contribution in [0.3, 0.4) is 0 Å². The maximum atomic E-state index is 5.97. The van der Waals surface area contributed by atoms with E-state index in [-0.39, 0.29) is 5.41 Å². The first-order chi connectivity index (χ1) is 8.38. The van der Waals surface area contributed by atoms with Gasteiger partial charge in [0.1, 0.15) is 17.5 Å². The van der Waals surface area contributed by atoms with E-state index in [2.05, 4.69) is 36.1 Å². The maximum absolute atomic E-state index is 5.97. The van der Waals surface area contributed by atoms with Gasteiger partial charge in [-0.3, -0.25) is 0 Å². The Balaban J connectivity index is 2.30. The summed E-state index contributed by atoms with van der Waals surface area (Å²) in [5.41, 5.74) is 6.78. The van der Waals surface area contributed by atoms with E-state index in [0.29, 0.717) is 11.9 Å².